The number of nitrogens with zero attached hydrogens (tertiary/aromatic N) is 2. The standard InChI is InChI=1S/C19H32N4O.HI/c1-7-20-17(24)19(4,5)14-22-18(21-8-2)23(6)13-16-12-10-9-11-15(16)3;/h9-12H,7-8,13-14H2,1-6H3,(H,20,24)(H,21,22);1H. The van der Waals surface area contributed by atoms with Crippen LogP contribution in [0.1, 0.15) is 38.8 Å². The second-order valence-corrected chi connectivity index (χ2v) is 6.70. The van der Waals surface area contributed by atoms with Crippen molar-refractivity contribution in [2.24, 2.45) is 10.4 Å². The van der Waals surface area contributed by atoms with Gasteiger partial charge in [0, 0.05) is 26.7 Å². The summed E-state index contributed by atoms with van der Waals surface area (Å²) in [5.74, 6) is 0.851. The van der Waals surface area contributed by atoms with Crippen LogP contribution in [0.3, 0.4) is 0 Å². The lowest BCUT2D eigenvalue weighted by Crippen LogP contribution is -2.42. The number of carbonyl (C=O) groups excluding carboxylic acids is 1. The minimum Gasteiger partial charge on any atom is -0.357 e. The van der Waals surface area contributed by atoms with Crippen LogP contribution >= 0.6 is 24.0 Å². The third-order valence-electron chi connectivity index (χ3n) is 3.94. The van der Waals surface area contributed by atoms with E-state index in [0.717, 1.165) is 19.0 Å². The van der Waals surface area contributed by atoms with Gasteiger partial charge < -0.3 is 15.5 Å². The molecular weight excluding hydrogens is 427 g/mol. The molecule has 6 heteroatoms. The number of aliphatic imine (C=N–C) groups is 1. The van der Waals surface area contributed by atoms with Crippen LogP contribution in [0.2, 0.25) is 0 Å². The first kappa shape index (κ1) is 23.7. The number of hydrogen-bond donors (Lipinski definition) is 2. The van der Waals surface area contributed by atoms with Gasteiger partial charge in [0.2, 0.25) is 5.91 Å². The van der Waals surface area contributed by atoms with Crippen molar-refractivity contribution in [2.45, 2.75) is 41.2 Å². The van der Waals surface area contributed by atoms with E-state index in [-0.39, 0.29) is 29.9 Å². The lowest BCUT2D eigenvalue weighted by atomic mass is 9.92. The van der Waals surface area contributed by atoms with Crippen molar-refractivity contribution < 1.29 is 4.79 Å². The maximum atomic E-state index is 12.1. The van der Waals surface area contributed by atoms with E-state index in [1.54, 1.807) is 0 Å². The Bertz CT molecular complexity index is 572. The number of halogens is 1. The highest BCUT2D eigenvalue weighted by Crippen LogP contribution is 2.16. The van der Waals surface area contributed by atoms with E-state index in [4.69, 9.17) is 0 Å². The number of guanidine groups is 1. The fraction of sp³-hybridized carbons (Fsp3) is 0.579. The molecule has 142 valence electrons. The van der Waals surface area contributed by atoms with Gasteiger partial charge in [0.05, 0.1) is 12.0 Å². The average molecular weight is 460 g/mol. The molecule has 0 unspecified atom stereocenters. The van der Waals surface area contributed by atoms with E-state index in [2.05, 4.69) is 45.6 Å². The van der Waals surface area contributed by atoms with Gasteiger partial charge >= 0.3 is 0 Å². The molecule has 25 heavy (non-hydrogen) atoms. The highest BCUT2D eigenvalue weighted by molar-refractivity contribution is 14.0. The molecule has 5 nitrogen and oxygen atoms in total. The second kappa shape index (κ2) is 11.3. The Morgan fingerprint density at radius 3 is 2.32 bits per heavy atom. The molecule has 1 aromatic carbocycles. The lowest BCUT2D eigenvalue weighted by molar-refractivity contribution is -0.128. The molecule has 0 fully saturated rings. The van der Waals surface area contributed by atoms with Crippen molar-refractivity contribution >= 4 is 35.8 Å². The third-order valence-corrected chi connectivity index (χ3v) is 3.94. The molecule has 1 aromatic rings. The van der Waals surface area contributed by atoms with Crippen molar-refractivity contribution in [1.29, 1.82) is 0 Å². The van der Waals surface area contributed by atoms with Crippen molar-refractivity contribution in [2.75, 3.05) is 26.7 Å². The van der Waals surface area contributed by atoms with Gasteiger partial charge in [-0.05, 0) is 45.7 Å². The van der Waals surface area contributed by atoms with Crippen molar-refractivity contribution in [3.8, 4) is 0 Å². The topological polar surface area (TPSA) is 56.7 Å². The summed E-state index contributed by atoms with van der Waals surface area (Å²) in [6.45, 7) is 12.6. The normalized spacial score (nSPS) is 11.5. The van der Waals surface area contributed by atoms with Crippen LogP contribution in [0.4, 0.5) is 0 Å². The molecule has 0 heterocycles. The van der Waals surface area contributed by atoms with E-state index in [0.29, 0.717) is 13.1 Å². The summed E-state index contributed by atoms with van der Waals surface area (Å²) < 4.78 is 0. The lowest BCUT2D eigenvalue weighted by Gasteiger charge is -2.26. The van der Waals surface area contributed by atoms with Gasteiger partial charge in [0.1, 0.15) is 0 Å². The van der Waals surface area contributed by atoms with Gasteiger partial charge in [-0.25, -0.2) is 0 Å². The van der Waals surface area contributed by atoms with Gasteiger partial charge in [-0.15, -0.1) is 24.0 Å². The largest absolute Gasteiger partial charge is 0.357 e. The first-order valence-corrected chi connectivity index (χ1v) is 8.64. The Morgan fingerprint density at radius 2 is 1.76 bits per heavy atom. The number of aryl methyl sites for hydroxylation is 1. The van der Waals surface area contributed by atoms with E-state index in [9.17, 15) is 4.79 Å². The van der Waals surface area contributed by atoms with Crippen LogP contribution in [0.25, 0.3) is 0 Å². The van der Waals surface area contributed by atoms with Crippen LogP contribution in [-0.4, -0.2) is 43.4 Å². The van der Waals surface area contributed by atoms with Crippen LogP contribution in [0, 0.1) is 12.3 Å². The fourth-order valence-electron chi connectivity index (χ4n) is 2.33. The summed E-state index contributed by atoms with van der Waals surface area (Å²) >= 11 is 0. The van der Waals surface area contributed by atoms with Crippen molar-refractivity contribution in [3.63, 3.8) is 0 Å². The Balaban J connectivity index is 0.00000576. The first-order valence-electron chi connectivity index (χ1n) is 8.64. The van der Waals surface area contributed by atoms with E-state index >= 15 is 0 Å². The molecule has 0 radical (unpaired) electrons. The Kier molecular flexibility index (Phi) is 10.7. The van der Waals surface area contributed by atoms with Gasteiger partial charge in [0.25, 0.3) is 0 Å². The number of amides is 1. The highest BCUT2D eigenvalue weighted by Gasteiger charge is 2.27. The molecule has 0 aliphatic rings. The Morgan fingerprint density at radius 1 is 1.16 bits per heavy atom. The van der Waals surface area contributed by atoms with Crippen LogP contribution in [0.5, 0.6) is 0 Å². The molecule has 0 atom stereocenters. The number of benzene rings is 1. The zero-order valence-electron chi connectivity index (χ0n) is 16.3. The summed E-state index contributed by atoms with van der Waals surface area (Å²) in [6.07, 6.45) is 0. The molecule has 2 N–H and O–H groups in total. The number of hydrogen-bond acceptors (Lipinski definition) is 2. The van der Waals surface area contributed by atoms with Gasteiger partial charge in [-0.2, -0.15) is 0 Å². The molecule has 0 aromatic heterocycles. The molecule has 0 bridgehead atoms. The van der Waals surface area contributed by atoms with E-state index in [1.807, 2.05) is 40.8 Å². The number of carbonyl (C=O) groups is 1. The maximum Gasteiger partial charge on any atom is 0.227 e. The molecular formula is C19H33IN4O. The maximum absolute atomic E-state index is 12.1. The van der Waals surface area contributed by atoms with Gasteiger partial charge in [0.15, 0.2) is 5.96 Å². The van der Waals surface area contributed by atoms with Crippen molar-refractivity contribution in [1.82, 2.24) is 15.5 Å². The van der Waals surface area contributed by atoms with E-state index in [1.165, 1.54) is 11.1 Å². The summed E-state index contributed by atoms with van der Waals surface area (Å²) in [5, 5.41) is 6.19. The third kappa shape index (κ3) is 7.63. The summed E-state index contributed by atoms with van der Waals surface area (Å²) in [5.41, 5.74) is 2.01. The molecule has 0 aliphatic heterocycles. The SMILES string of the molecule is CCNC(=O)C(C)(C)CN=C(NCC)N(C)Cc1ccccc1C.I. The quantitative estimate of drug-likeness (QED) is 0.374. The molecule has 1 amide bonds. The smallest absolute Gasteiger partial charge is 0.227 e. The predicted octanol–water partition coefficient (Wildman–Crippen LogP) is 3.17. The molecule has 0 aliphatic carbocycles. The van der Waals surface area contributed by atoms with Crippen LogP contribution < -0.4 is 10.6 Å². The first-order chi connectivity index (χ1) is 11.3. The second-order valence-electron chi connectivity index (χ2n) is 6.70. The van der Waals surface area contributed by atoms with Crippen molar-refractivity contribution in [3.05, 3.63) is 35.4 Å². The van der Waals surface area contributed by atoms with E-state index < -0.39 is 5.41 Å². The monoisotopic (exact) mass is 460 g/mol. The summed E-state index contributed by atoms with van der Waals surface area (Å²) in [7, 11) is 2.02. The molecule has 1 rings (SSSR count). The van der Waals surface area contributed by atoms with Crippen LogP contribution in [0.15, 0.2) is 29.3 Å². The minimum absolute atomic E-state index is 0. The van der Waals surface area contributed by atoms with Gasteiger partial charge in [-0.1, -0.05) is 24.3 Å². The van der Waals surface area contributed by atoms with Gasteiger partial charge in [-0.3, -0.25) is 9.79 Å². The molecule has 0 saturated carbocycles. The fourth-order valence-corrected chi connectivity index (χ4v) is 2.33. The summed E-state index contributed by atoms with van der Waals surface area (Å²) in [6, 6.07) is 8.35. The number of rotatable bonds is 7. The number of nitrogens with one attached hydrogen (secondary N) is 2. The Hall–Kier alpha value is -1.31. The molecule has 0 saturated heterocycles. The minimum atomic E-state index is -0.528. The Labute approximate surface area is 169 Å². The van der Waals surface area contributed by atoms with Crippen LogP contribution in [-0.2, 0) is 11.3 Å². The highest BCUT2D eigenvalue weighted by atomic mass is 127. The zero-order valence-corrected chi connectivity index (χ0v) is 18.7. The summed E-state index contributed by atoms with van der Waals surface area (Å²) in [4.78, 5) is 18.9. The molecule has 0 spiro atoms. The zero-order chi connectivity index (χ0) is 18.2. The average Bonchev–Trinajstić information content (AvgIpc) is 2.53. The predicted molar refractivity (Wildman–Crippen MR) is 117 cm³/mol.